The zero-order valence-electron chi connectivity index (χ0n) is 17.3. The zero-order valence-corrected chi connectivity index (χ0v) is 18.1. The smallest absolute Gasteiger partial charge is 0.352 e. The van der Waals surface area contributed by atoms with Crippen molar-refractivity contribution in [1.29, 1.82) is 0 Å². The van der Waals surface area contributed by atoms with Crippen molar-refractivity contribution in [2.75, 3.05) is 0 Å². The highest BCUT2D eigenvalue weighted by molar-refractivity contribution is 7.80. The molecule has 2 aromatic heterocycles. The monoisotopic (exact) mass is 456 g/mol. The number of aromatic nitrogens is 2. The van der Waals surface area contributed by atoms with Gasteiger partial charge in [-0.1, -0.05) is 25.0 Å². The van der Waals surface area contributed by atoms with Crippen LogP contribution >= 0.6 is 12.2 Å². The Hall–Kier alpha value is -2.87. The van der Waals surface area contributed by atoms with Crippen molar-refractivity contribution >= 4 is 17.3 Å². The molecule has 0 amide bonds. The summed E-state index contributed by atoms with van der Waals surface area (Å²) in [6.07, 6.45) is 3.58. The lowest BCUT2D eigenvalue weighted by Crippen LogP contribution is -2.38. The van der Waals surface area contributed by atoms with Gasteiger partial charge in [-0.2, -0.15) is 13.2 Å². The lowest BCUT2D eigenvalue weighted by molar-refractivity contribution is -0.137. The number of benzene rings is 1. The molecule has 32 heavy (non-hydrogen) atoms. The number of pyridine rings is 1. The second kappa shape index (κ2) is 8.24. The molecule has 0 radical (unpaired) electrons. The number of rotatable bonds is 4. The first kappa shape index (κ1) is 21.0. The van der Waals surface area contributed by atoms with E-state index >= 15 is 0 Å². The maximum atomic E-state index is 13.4. The largest absolute Gasteiger partial charge is 0.416 e. The first-order valence-corrected chi connectivity index (χ1v) is 11.2. The second-order valence-corrected chi connectivity index (χ2v) is 8.71. The van der Waals surface area contributed by atoms with Crippen LogP contribution < -0.4 is 5.32 Å². The van der Waals surface area contributed by atoms with Crippen molar-refractivity contribution in [2.24, 2.45) is 0 Å². The fourth-order valence-electron chi connectivity index (χ4n) is 4.96. The molecule has 0 bridgehead atoms. The van der Waals surface area contributed by atoms with E-state index in [-0.39, 0.29) is 12.1 Å². The lowest BCUT2D eigenvalue weighted by Gasteiger charge is -2.33. The van der Waals surface area contributed by atoms with E-state index in [1.165, 1.54) is 12.1 Å². The van der Waals surface area contributed by atoms with Crippen LogP contribution in [0.3, 0.4) is 0 Å². The number of hydrogen-bond donors (Lipinski definition) is 1. The summed E-state index contributed by atoms with van der Waals surface area (Å²) in [5.74, 6) is 0. The van der Waals surface area contributed by atoms with Crippen LogP contribution in [0, 0.1) is 0 Å². The summed E-state index contributed by atoms with van der Waals surface area (Å²) in [4.78, 5) is 6.81. The molecule has 166 valence electrons. The van der Waals surface area contributed by atoms with Gasteiger partial charge in [0.1, 0.15) is 0 Å². The highest BCUT2D eigenvalue weighted by atomic mass is 32.1. The number of nitrogens with one attached hydrogen (secondary N) is 1. The Morgan fingerprint density at radius 3 is 2.53 bits per heavy atom. The van der Waals surface area contributed by atoms with Gasteiger partial charge in [0.25, 0.3) is 0 Å². The topological polar surface area (TPSA) is 33.1 Å². The molecule has 3 aromatic rings. The summed E-state index contributed by atoms with van der Waals surface area (Å²) < 4.78 is 41.9. The molecule has 8 heteroatoms. The maximum Gasteiger partial charge on any atom is 0.416 e. The fourth-order valence-corrected chi connectivity index (χ4v) is 5.35. The van der Waals surface area contributed by atoms with E-state index in [1.807, 2.05) is 41.1 Å². The van der Waals surface area contributed by atoms with Gasteiger partial charge >= 0.3 is 6.18 Å². The van der Waals surface area contributed by atoms with Gasteiger partial charge in [0.15, 0.2) is 5.11 Å². The third-order valence-corrected chi connectivity index (χ3v) is 6.72. The summed E-state index contributed by atoms with van der Waals surface area (Å²) in [6.45, 7) is 0. The van der Waals surface area contributed by atoms with Crippen LogP contribution in [0.4, 0.5) is 13.2 Å². The van der Waals surface area contributed by atoms with Gasteiger partial charge in [-0.05, 0) is 67.5 Å². The molecule has 0 unspecified atom stereocenters. The number of alkyl halides is 3. The van der Waals surface area contributed by atoms with Gasteiger partial charge < -0.3 is 14.8 Å². The molecule has 2 atom stereocenters. The molecule has 4 nitrogen and oxygen atoms in total. The third-order valence-electron chi connectivity index (χ3n) is 6.39. The number of thiocarbonyl (C=S) groups is 1. The molecule has 0 spiro atoms. The van der Waals surface area contributed by atoms with E-state index in [0.29, 0.717) is 16.8 Å². The van der Waals surface area contributed by atoms with Crippen molar-refractivity contribution in [3.63, 3.8) is 0 Å². The minimum atomic E-state index is -4.40. The molecule has 5 rings (SSSR count). The number of nitrogens with zero attached hydrogens (tertiary/aromatic N) is 3. The predicted molar refractivity (Wildman–Crippen MR) is 120 cm³/mol. The van der Waals surface area contributed by atoms with E-state index in [9.17, 15) is 13.2 Å². The molecule has 1 N–H and O–H groups in total. The highest BCUT2D eigenvalue weighted by Crippen LogP contribution is 2.43. The van der Waals surface area contributed by atoms with Crippen LogP contribution in [-0.4, -0.2) is 25.6 Å². The molecule has 2 aliphatic rings. The predicted octanol–water partition coefficient (Wildman–Crippen LogP) is 5.81. The quantitative estimate of drug-likeness (QED) is 0.503. The molecular formula is C24H23F3N4S. The Morgan fingerprint density at radius 2 is 1.81 bits per heavy atom. The van der Waals surface area contributed by atoms with Crippen molar-refractivity contribution < 1.29 is 13.2 Å². The normalized spacial score (nSPS) is 21.8. The summed E-state index contributed by atoms with van der Waals surface area (Å²) in [6, 6.07) is 15.0. The minimum Gasteiger partial charge on any atom is -0.352 e. The summed E-state index contributed by atoms with van der Waals surface area (Å²) in [7, 11) is 0. The molecule has 1 saturated heterocycles. The molecule has 1 aromatic carbocycles. The van der Waals surface area contributed by atoms with Crippen molar-refractivity contribution in [3.8, 4) is 5.69 Å². The van der Waals surface area contributed by atoms with Crippen LogP contribution in [0.15, 0.2) is 67.0 Å². The Morgan fingerprint density at radius 1 is 1.00 bits per heavy atom. The van der Waals surface area contributed by atoms with Gasteiger partial charge in [0, 0.05) is 29.8 Å². The molecule has 1 saturated carbocycles. The summed E-state index contributed by atoms with van der Waals surface area (Å²) in [5.41, 5.74) is 1.56. The second-order valence-electron chi connectivity index (χ2n) is 8.32. The van der Waals surface area contributed by atoms with Crippen LogP contribution in [0.5, 0.6) is 0 Å². The van der Waals surface area contributed by atoms with Gasteiger partial charge in [-0.15, -0.1) is 0 Å². The Bertz CT molecular complexity index is 1110. The summed E-state index contributed by atoms with van der Waals surface area (Å²) in [5, 5.41) is 4.13. The van der Waals surface area contributed by atoms with Crippen molar-refractivity contribution in [1.82, 2.24) is 19.8 Å². The Labute approximate surface area is 190 Å². The molecule has 1 aliphatic carbocycles. The molecule has 3 heterocycles. The number of hydrogen-bond acceptors (Lipinski definition) is 2. The van der Waals surface area contributed by atoms with Gasteiger partial charge in [0.05, 0.1) is 23.3 Å². The first-order valence-electron chi connectivity index (χ1n) is 10.8. The minimum absolute atomic E-state index is 0.176. The average Bonchev–Trinajstić information content (AvgIpc) is 3.53. The molecule has 1 aliphatic heterocycles. The zero-order chi connectivity index (χ0) is 22.3. The SMILES string of the molecule is FC(F)(F)c1cccc(-n2cccc2[C@H]2[C@@H](c3ccccn3)NC(=S)N2C2CCCC2)c1. The van der Waals surface area contributed by atoms with E-state index in [1.54, 1.807) is 12.3 Å². The third kappa shape index (κ3) is 3.77. The van der Waals surface area contributed by atoms with E-state index in [2.05, 4.69) is 15.2 Å². The van der Waals surface area contributed by atoms with Crippen LogP contribution in [0.1, 0.15) is 54.7 Å². The molecule has 2 fully saturated rings. The van der Waals surface area contributed by atoms with E-state index in [0.717, 1.165) is 43.1 Å². The van der Waals surface area contributed by atoms with E-state index < -0.39 is 11.7 Å². The van der Waals surface area contributed by atoms with Gasteiger partial charge in [-0.3, -0.25) is 4.98 Å². The maximum absolute atomic E-state index is 13.4. The average molecular weight is 457 g/mol. The molecular weight excluding hydrogens is 433 g/mol. The van der Waals surface area contributed by atoms with Crippen molar-refractivity contribution in [2.45, 2.75) is 50.0 Å². The van der Waals surface area contributed by atoms with Crippen LogP contribution in [0.2, 0.25) is 0 Å². The summed E-state index contributed by atoms with van der Waals surface area (Å²) >= 11 is 5.76. The van der Waals surface area contributed by atoms with Gasteiger partial charge in [-0.25, -0.2) is 0 Å². The first-order chi connectivity index (χ1) is 15.4. The standard InChI is InChI=1S/C24H23F3N4S/c25-24(26,27)16-7-5-10-18(15-16)30-14-6-12-20(30)22-21(19-11-3-4-13-28-19)29-23(32)31(22)17-8-1-2-9-17/h3-7,10-15,17,21-22H,1-2,8-9H2,(H,29,32)/t21-,22+/m1/s1. The number of halogens is 3. The fraction of sp³-hybridized carbons (Fsp3) is 0.333. The van der Waals surface area contributed by atoms with Crippen LogP contribution in [0.25, 0.3) is 5.69 Å². The Balaban J connectivity index is 1.61. The van der Waals surface area contributed by atoms with E-state index in [4.69, 9.17) is 12.2 Å². The van der Waals surface area contributed by atoms with Crippen molar-refractivity contribution in [3.05, 3.63) is 83.9 Å². The van der Waals surface area contributed by atoms with Crippen LogP contribution in [-0.2, 0) is 6.18 Å². The Kier molecular flexibility index (Phi) is 5.41. The van der Waals surface area contributed by atoms with Gasteiger partial charge in [0.2, 0.25) is 0 Å². The lowest BCUT2D eigenvalue weighted by atomic mass is 9.99. The highest BCUT2D eigenvalue weighted by Gasteiger charge is 2.44.